The summed E-state index contributed by atoms with van der Waals surface area (Å²) in [6.45, 7) is 0. The fourth-order valence-corrected chi connectivity index (χ4v) is 2.43. The fourth-order valence-electron chi connectivity index (χ4n) is 1.07. The lowest BCUT2D eigenvalue weighted by molar-refractivity contribution is -0.264. The van der Waals surface area contributed by atoms with Crippen LogP contribution in [0.15, 0.2) is 15.9 Å². The molecule has 17 heavy (non-hydrogen) atoms. The number of hydrogen-bond acceptors (Lipinski definition) is 2. The number of rotatable bonds is 2. The number of ketones is 1. The van der Waals surface area contributed by atoms with Crippen LogP contribution in [0.2, 0.25) is 0 Å². The van der Waals surface area contributed by atoms with Gasteiger partial charge < -0.3 is 0 Å². The molecule has 96 valence electrons. The number of Topliss-reactive ketones (excluding diaryl/α,β-unsaturated/α-hetero) is 1. The first-order valence-corrected chi connectivity index (χ1v) is 5.57. The van der Waals surface area contributed by atoms with Crippen molar-refractivity contribution in [1.29, 1.82) is 0 Å². The van der Waals surface area contributed by atoms with Gasteiger partial charge in [-0.2, -0.15) is 26.3 Å². The van der Waals surface area contributed by atoms with Gasteiger partial charge >= 0.3 is 12.4 Å². The minimum absolute atomic E-state index is 0.281. The molecule has 0 N–H and O–H groups in total. The predicted octanol–water partition coefficient (Wildman–Crippen LogP) is 4.43. The van der Waals surface area contributed by atoms with Crippen molar-refractivity contribution in [3.05, 3.63) is 20.8 Å². The van der Waals surface area contributed by atoms with Crippen molar-refractivity contribution in [3.63, 3.8) is 0 Å². The van der Waals surface area contributed by atoms with Gasteiger partial charge in [0.25, 0.3) is 0 Å². The van der Waals surface area contributed by atoms with Gasteiger partial charge in [0.15, 0.2) is 5.78 Å². The van der Waals surface area contributed by atoms with Crippen LogP contribution in [-0.2, 0) is 0 Å². The molecule has 9 heteroatoms. The van der Waals surface area contributed by atoms with E-state index in [9.17, 15) is 31.1 Å². The zero-order chi connectivity index (χ0) is 13.4. The molecule has 0 aliphatic rings. The quantitative estimate of drug-likeness (QED) is 0.574. The highest BCUT2D eigenvalue weighted by Crippen LogP contribution is 2.42. The summed E-state index contributed by atoms with van der Waals surface area (Å²) in [7, 11) is 0. The summed E-state index contributed by atoms with van der Waals surface area (Å²) in [4.78, 5) is 10.6. The van der Waals surface area contributed by atoms with Gasteiger partial charge in [0.2, 0.25) is 5.92 Å². The van der Waals surface area contributed by atoms with Crippen LogP contribution in [0.25, 0.3) is 0 Å². The second kappa shape index (κ2) is 4.60. The van der Waals surface area contributed by atoms with E-state index in [2.05, 4.69) is 15.9 Å². The lowest BCUT2D eigenvalue weighted by Gasteiger charge is -2.20. The number of alkyl halides is 6. The monoisotopic (exact) mass is 340 g/mol. The molecule has 0 aliphatic heterocycles. The molecule has 0 aliphatic carbocycles. The normalized spacial score (nSPS) is 13.2. The zero-order valence-electron chi connectivity index (χ0n) is 7.69. The van der Waals surface area contributed by atoms with Crippen LogP contribution in [-0.4, -0.2) is 18.1 Å². The first-order chi connectivity index (χ1) is 7.53. The summed E-state index contributed by atoms with van der Waals surface area (Å²) in [5, 5.41) is 0. The van der Waals surface area contributed by atoms with Gasteiger partial charge in [0.05, 0.1) is 8.66 Å². The molecular formula is C8H3BrF6OS. The SMILES string of the molecule is O=C(c1ccc(Br)s1)C(C(F)(F)F)C(F)(F)F. The molecule has 0 aromatic carbocycles. The number of hydrogen-bond donors (Lipinski definition) is 0. The smallest absolute Gasteiger partial charge is 0.292 e. The van der Waals surface area contributed by atoms with E-state index in [0.717, 1.165) is 6.07 Å². The Morgan fingerprint density at radius 2 is 1.59 bits per heavy atom. The molecular weight excluding hydrogens is 338 g/mol. The van der Waals surface area contributed by atoms with E-state index in [1.807, 2.05) is 0 Å². The molecule has 0 fully saturated rings. The molecule has 0 radical (unpaired) electrons. The van der Waals surface area contributed by atoms with Crippen LogP contribution < -0.4 is 0 Å². The Labute approximate surface area is 104 Å². The molecule has 0 unspecified atom stereocenters. The molecule has 0 atom stereocenters. The average molecular weight is 341 g/mol. The van der Waals surface area contributed by atoms with Crippen LogP contribution in [0.3, 0.4) is 0 Å². The Balaban J connectivity index is 3.13. The zero-order valence-corrected chi connectivity index (χ0v) is 10.1. The van der Waals surface area contributed by atoms with E-state index in [-0.39, 0.29) is 3.79 Å². The second-order valence-corrected chi connectivity index (χ2v) is 5.45. The van der Waals surface area contributed by atoms with Crippen molar-refractivity contribution in [3.8, 4) is 0 Å². The largest absolute Gasteiger partial charge is 0.407 e. The Morgan fingerprint density at radius 1 is 1.12 bits per heavy atom. The summed E-state index contributed by atoms with van der Waals surface area (Å²) in [5.41, 5.74) is 0. The van der Waals surface area contributed by atoms with E-state index in [0.29, 0.717) is 11.3 Å². The molecule has 0 saturated heterocycles. The molecule has 1 heterocycles. The first-order valence-electron chi connectivity index (χ1n) is 3.96. The van der Waals surface area contributed by atoms with Crippen LogP contribution >= 0.6 is 27.3 Å². The minimum atomic E-state index is -5.65. The highest BCUT2D eigenvalue weighted by molar-refractivity contribution is 9.11. The van der Waals surface area contributed by atoms with Crippen LogP contribution in [0, 0.1) is 5.92 Å². The summed E-state index contributed by atoms with van der Waals surface area (Å²) in [6, 6.07) is 2.13. The van der Waals surface area contributed by atoms with Crippen molar-refractivity contribution in [2.75, 3.05) is 0 Å². The maximum Gasteiger partial charge on any atom is 0.407 e. The molecule has 0 saturated carbocycles. The molecule has 1 aromatic heterocycles. The van der Waals surface area contributed by atoms with Crippen LogP contribution in [0.1, 0.15) is 9.67 Å². The van der Waals surface area contributed by atoms with E-state index in [1.165, 1.54) is 6.07 Å². The molecule has 1 aromatic rings. The Bertz CT molecular complexity index is 406. The lowest BCUT2D eigenvalue weighted by Crippen LogP contribution is -2.42. The number of thiophene rings is 1. The standard InChI is InChI=1S/C8H3BrF6OS/c9-4-2-1-3(17-4)5(16)6(7(10,11)12)8(13,14)15/h1-2,6H. The highest BCUT2D eigenvalue weighted by atomic mass is 79.9. The van der Waals surface area contributed by atoms with Crippen LogP contribution in [0.4, 0.5) is 26.3 Å². The number of halogens is 7. The summed E-state index contributed by atoms with van der Waals surface area (Å²) < 4.78 is 73.5. The fraction of sp³-hybridized carbons (Fsp3) is 0.375. The molecule has 1 rings (SSSR count). The van der Waals surface area contributed by atoms with Gasteiger partial charge in [0.1, 0.15) is 0 Å². The van der Waals surface area contributed by atoms with Gasteiger partial charge in [-0.25, -0.2) is 0 Å². The maximum absolute atomic E-state index is 12.2. The summed E-state index contributed by atoms with van der Waals surface area (Å²) in [6.07, 6.45) is -11.3. The summed E-state index contributed by atoms with van der Waals surface area (Å²) >= 11 is 3.38. The van der Waals surface area contributed by atoms with E-state index in [4.69, 9.17) is 0 Å². The third-order valence-corrected chi connectivity index (χ3v) is 3.37. The van der Waals surface area contributed by atoms with E-state index in [1.54, 1.807) is 0 Å². The third kappa shape index (κ3) is 3.44. The van der Waals surface area contributed by atoms with Crippen LogP contribution in [0.5, 0.6) is 0 Å². The second-order valence-electron chi connectivity index (χ2n) is 2.98. The Hall–Kier alpha value is -0.570. The number of carbonyl (C=O) groups is 1. The molecule has 1 nitrogen and oxygen atoms in total. The predicted molar refractivity (Wildman–Crippen MR) is 51.9 cm³/mol. The van der Waals surface area contributed by atoms with Gasteiger partial charge in [-0.05, 0) is 28.1 Å². The van der Waals surface area contributed by atoms with Gasteiger partial charge in [0, 0.05) is 0 Å². The number of carbonyl (C=O) groups excluding carboxylic acids is 1. The first kappa shape index (κ1) is 14.5. The highest BCUT2D eigenvalue weighted by Gasteiger charge is 2.61. The topological polar surface area (TPSA) is 17.1 Å². The van der Waals surface area contributed by atoms with Crippen molar-refractivity contribution < 1.29 is 31.1 Å². The van der Waals surface area contributed by atoms with E-state index >= 15 is 0 Å². The Morgan fingerprint density at radius 3 is 1.88 bits per heavy atom. The van der Waals surface area contributed by atoms with E-state index < -0.39 is 28.9 Å². The maximum atomic E-state index is 12.2. The average Bonchev–Trinajstić information content (AvgIpc) is 2.45. The molecule has 0 bridgehead atoms. The van der Waals surface area contributed by atoms with Gasteiger partial charge in [-0.3, -0.25) is 4.79 Å². The molecule has 0 spiro atoms. The Kier molecular flexibility index (Phi) is 3.92. The van der Waals surface area contributed by atoms with Crippen molar-refractivity contribution >= 4 is 33.0 Å². The lowest BCUT2D eigenvalue weighted by atomic mass is 10.0. The van der Waals surface area contributed by atoms with Crippen molar-refractivity contribution in [2.24, 2.45) is 5.92 Å². The van der Waals surface area contributed by atoms with Crippen molar-refractivity contribution in [1.82, 2.24) is 0 Å². The summed E-state index contributed by atoms with van der Waals surface area (Å²) in [5.74, 6) is -5.96. The van der Waals surface area contributed by atoms with Gasteiger partial charge in [-0.15, -0.1) is 11.3 Å². The minimum Gasteiger partial charge on any atom is -0.292 e. The third-order valence-electron chi connectivity index (χ3n) is 1.73. The van der Waals surface area contributed by atoms with Gasteiger partial charge in [-0.1, -0.05) is 0 Å². The molecule has 0 amide bonds. The van der Waals surface area contributed by atoms with Crippen molar-refractivity contribution in [2.45, 2.75) is 12.4 Å².